The zero-order chi connectivity index (χ0) is 14.5. The van der Waals surface area contributed by atoms with Crippen molar-refractivity contribution < 1.29 is 4.74 Å². The highest BCUT2D eigenvalue weighted by Crippen LogP contribution is 2.30. The van der Waals surface area contributed by atoms with E-state index in [-0.39, 0.29) is 5.54 Å². The van der Waals surface area contributed by atoms with Gasteiger partial charge in [-0.3, -0.25) is 9.80 Å². The van der Waals surface area contributed by atoms with Crippen LogP contribution in [0.1, 0.15) is 34.1 Å². The van der Waals surface area contributed by atoms with Crippen molar-refractivity contribution in [2.75, 3.05) is 46.4 Å². The fourth-order valence-corrected chi connectivity index (χ4v) is 3.48. The second-order valence-electron chi connectivity index (χ2n) is 6.01. The molecule has 4 nitrogen and oxygen atoms in total. The number of hydrogen-bond donors (Lipinski definition) is 1. The summed E-state index contributed by atoms with van der Waals surface area (Å²) in [5.41, 5.74) is 6.12. The maximum atomic E-state index is 6.13. The molecule has 2 unspecified atom stereocenters. The lowest BCUT2D eigenvalue weighted by molar-refractivity contribution is -0.00639. The molecular weight excluding hydrogens is 238 g/mol. The van der Waals surface area contributed by atoms with Crippen molar-refractivity contribution in [1.29, 1.82) is 0 Å². The third-order valence-electron chi connectivity index (χ3n) is 4.94. The van der Waals surface area contributed by atoms with E-state index in [0.29, 0.717) is 18.5 Å². The van der Waals surface area contributed by atoms with E-state index >= 15 is 0 Å². The zero-order valence-corrected chi connectivity index (χ0v) is 13.5. The smallest absolute Gasteiger partial charge is 0.0661 e. The molecule has 0 amide bonds. The van der Waals surface area contributed by atoms with Gasteiger partial charge in [-0.1, -0.05) is 27.7 Å². The SMILES string of the molecule is CCN(CC)C1CCN(C(CN)(COC)C(C)C)C1. The van der Waals surface area contributed by atoms with E-state index < -0.39 is 0 Å². The summed E-state index contributed by atoms with van der Waals surface area (Å²) in [4.78, 5) is 5.14. The molecule has 114 valence electrons. The first-order valence-corrected chi connectivity index (χ1v) is 7.73. The largest absolute Gasteiger partial charge is 0.383 e. The molecule has 0 aromatic carbocycles. The molecule has 0 spiro atoms. The molecule has 1 rings (SSSR count). The molecule has 0 aromatic heterocycles. The van der Waals surface area contributed by atoms with E-state index in [0.717, 1.165) is 32.8 Å². The van der Waals surface area contributed by atoms with Crippen LogP contribution < -0.4 is 5.73 Å². The Morgan fingerprint density at radius 1 is 1.37 bits per heavy atom. The minimum Gasteiger partial charge on any atom is -0.383 e. The Kier molecular flexibility index (Phi) is 6.74. The monoisotopic (exact) mass is 271 g/mol. The van der Waals surface area contributed by atoms with E-state index in [4.69, 9.17) is 10.5 Å². The molecule has 0 bridgehead atoms. The van der Waals surface area contributed by atoms with E-state index in [1.165, 1.54) is 6.42 Å². The van der Waals surface area contributed by atoms with E-state index in [2.05, 4.69) is 37.5 Å². The van der Waals surface area contributed by atoms with Gasteiger partial charge in [0.05, 0.1) is 12.1 Å². The Hall–Kier alpha value is -0.160. The van der Waals surface area contributed by atoms with Crippen LogP contribution in [0.2, 0.25) is 0 Å². The van der Waals surface area contributed by atoms with Crippen LogP contribution in [-0.4, -0.2) is 67.8 Å². The van der Waals surface area contributed by atoms with Crippen molar-refractivity contribution >= 4 is 0 Å². The Labute approximate surface area is 119 Å². The van der Waals surface area contributed by atoms with Crippen LogP contribution >= 0.6 is 0 Å². The first-order valence-electron chi connectivity index (χ1n) is 7.73. The van der Waals surface area contributed by atoms with Gasteiger partial charge in [-0.2, -0.15) is 0 Å². The average molecular weight is 271 g/mol. The fraction of sp³-hybridized carbons (Fsp3) is 1.00. The van der Waals surface area contributed by atoms with Gasteiger partial charge in [0, 0.05) is 32.8 Å². The molecule has 0 saturated carbocycles. The van der Waals surface area contributed by atoms with Gasteiger partial charge in [0.2, 0.25) is 0 Å². The van der Waals surface area contributed by atoms with Crippen LogP contribution in [-0.2, 0) is 4.74 Å². The summed E-state index contributed by atoms with van der Waals surface area (Å²) in [7, 11) is 1.78. The Balaban J connectivity index is 2.78. The third kappa shape index (κ3) is 3.48. The Morgan fingerprint density at radius 3 is 2.42 bits per heavy atom. The first kappa shape index (κ1) is 16.9. The standard InChI is InChI=1S/C15H33N3O/c1-6-17(7-2)14-8-9-18(10-14)15(11-16,12-19-5)13(3)4/h13-14H,6-12,16H2,1-5H3. The summed E-state index contributed by atoms with van der Waals surface area (Å²) in [6.07, 6.45) is 1.25. The predicted octanol–water partition coefficient (Wildman–Crippen LogP) is 1.40. The number of methoxy groups -OCH3 is 1. The Bertz CT molecular complexity index is 256. The number of likely N-dealkylation sites (N-methyl/N-ethyl adjacent to an activating group) is 1. The number of hydrogen-bond acceptors (Lipinski definition) is 4. The normalized spacial score (nSPS) is 24.3. The van der Waals surface area contributed by atoms with Gasteiger partial charge in [0.25, 0.3) is 0 Å². The maximum absolute atomic E-state index is 6.13. The topological polar surface area (TPSA) is 41.7 Å². The van der Waals surface area contributed by atoms with Crippen LogP contribution in [0.25, 0.3) is 0 Å². The van der Waals surface area contributed by atoms with Crippen LogP contribution in [0, 0.1) is 5.92 Å². The van der Waals surface area contributed by atoms with Crippen molar-refractivity contribution in [1.82, 2.24) is 9.80 Å². The highest BCUT2D eigenvalue weighted by molar-refractivity contribution is 4.99. The number of ether oxygens (including phenoxy) is 1. The number of nitrogens with zero attached hydrogens (tertiary/aromatic N) is 2. The predicted molar refractivity (Wildman–Crippen MR) is 81.4 cm³/mol. The van der Waals surface area contributed by atoms with Crippen molar-refractivity contribution in [2.24, 2.45) is 11.7 Å². The highest BCUT2D eigenvalue weighted by Gasteiger charge is 2.42. The van der Waals surface area contributed by atoms with E-state index in [1.807, 2.05) is 0 Å². The zero-order valence-electron chi connectivity index (χ0n) is 13.5. The molecule has 2 N–H and O–H groups in total. The summed E-state index contributed by atoms with van der Waals surface area (Å²) in [5, 5.41) is 0. The van der Waals surface area contributed by atoms with Gasteiger partial charge in [0.15, 0.2) is 0 Å². The number of likely N-dealkylation sites (tertiary alicyclic amines) is 1. The summed E-state index contributed by atoms with van der Waals surface area (Å²) in [6.45, 7) is 15.0. The quantitative estimate of drug-likeness (QED) is 0.725. The minimum atomic E-state index is -0.00332. The molecule has 1 aliphatic rings. The molecule has 4 heteroatoms. The molecule has 1 aliphatic heterocycles. The molecule has 19 heavy (non-hydrogen) atoms. The molecule has 1 fully saturated rings. The van der Waals surface area contributed by atoms with Gasteiger partial charge in [-0.15, -0.1) is 0 Å². The van der Waals surface area contributed by atoms with Gasteiger partial charge in [-0.05, 0) is 25.4 Å². The van der Waals surface area contributed by atoms with Gasteiger partial charge in [0.1, 0.15) is 0 Å². The molecule has 0 aliphatic carbocycles. The van der Waals surface area contributed by atoms with Crippen LogP contribution in [0.4, 0.5) is 0 Å². The van der Waals surface area contributed by atoms with E-state index in [1.54, 1.807) is 7.11 Å². The van der Waals surface area contributed by atoms with Crippen molar-refractivity contribution in [2.45, 2.75) is 45.7 Å². The van der Waals surface area contributed by atoms with Crippen molar-refractivity contribution in [3.8, 4) is 0 Å². The summed E-state index contributed by atoms with van der Waals surface area (Å²) >= 11 is 0. The lowest BCUT2D eigenvalue weighted by Crippen LogP contribution is -2.60. The van der Waals surface area contributed by atoms with Crippen molar-refractivity contribution in [3.63, 3.8) is 0 Å². The van der Waals surface area contributed by atoms with E-state index in [9.17, 15) is 0 Å². The number of nitrogens with two attached hydrogens (primary N) is 1. The lowest BCUT2D eigenvalue weighted by Gasteiger charge is -2.44. The Morgan fingerprint density at radius 2 is 2.00 bits per heavy atom. The molecular formula is C15H33N3O. The van der Waals surface area contributed by atoms with Gasteiger partial charge >= 0.3 is 0 Å². The van der Waals surface area contributed by atoms with Crippen LogP contribution in [0.3, 0.4) is 0 Å². The molecule has 0 radical (unpaired) electrons. The highest BCUT2D eigenvalue weighted by atomic mass is 16.5. The minimum absolute atomic E-state index is 0.00332. The average Bonchev–Trinajstić information content (AvgIpc) is 2.87. The summed E-state index contributed by atoms with van der Waals surface area (Å²) < 4.78 is 5.49. The fourth-order valence-electron chi connectivity index (χ4n) is 3.48. The summed E-state index contributed by atoms with van der Waals surface area (Å²) in [5.74, 6) is 0.507. The lowest BCUT2D eigenvalue weighted by atomic mass is 9.85. The molecule has 2 atom stereocenters. The second kappa shape index (κ2) is 7.58. The van der Waals surface area contributed by atoms with Gasteiger partial charge < -0.3 is 10.5 Å². The van der Waals surface area contributed by atoms with Crippen molar-refractivity contribution in [3.05, 3.63) is 0 Å². The third-order valence-corrected chi connectivity index (χ3v) is 4.94. The van der Waals surface area contributed by atoms with Crippen LogP contribution in [0.5, 0.6) is 0 Å². The molecule has 1 saturated heterocycles. The number of rotatable bonds is 8. The maximum Gasteiger partial charge on any atom is 0.0661 e. The first-order chi connectivity index (χ1) is 9.05. The molecule has 1 heterocycles. The van der Waals surface area contributed by atoms with Gasteiger partial charge in [-0.25, -0.2) is 0 Å². The summed E-state index contributed by atoms with van der Waals surface area (Å²) in [6, 6.07) is 0.677. The second-order valence-corrected chi connectivity index (χ2v) is 6.01. The van der Waals surface area contributed by atoms with Crippen LogP contribution in [0.15, 0.2) is 0 Å². The molecule has 0 aromatic rings.